The van der Waals surface area contributed by atoms with Crippen LogP contribution in [0.15, 0.2) is 27.6 Å². The molecule has 1 fully saturated rings. The van der Waals surface area contributed by atoms with Gasteiger partial charge in [0.2, 0.25) is 10.0 Å². The highest BCUT2D eigenvalue weighted by Crippen LogP contribution is 2.27. The highest BCUT2D eigenvalue weighted by Gasteiger charge is 2.32. The summed E-state index contributed by atoms with van der Waals surface area (Å²) in [5.74, 6) is 0. The Balaban J connectivity index is 2.27. The second kappa shape index (κ2) is 6.20. The topological polar surface area (TPSA) is 116 Å². The van der Waals surface area contributed by atoms with Crippen LogP contribution in [0.5, 0.6) is 0 Å². The number of hydrogen-bond donors (Lipinski definition) is 1. The lowest BCUT2D eigenvalue weighted by Gasteiger charge is -2.13. The first-order valence-electron chi connectivity index (χ1n) is 6.37. The molecule has 0 amide bonds. The van der Waals surface area contributed by atoms with Crippen LogP contribution >= 0.6 is 15.9 Å². The van der Waals surface area contributed by atoms with E-state index in [2.05, 4.69) is 20.7 Å². The standard InChI is InChI=1S/C12H13BrN4O4S/c1-8-4-9(6-16(8)7-14)15-22(20,21)12-5-10(17(18)19)2-3-11(12)13/h2-3,5,8-9,15H,4,6H2,1H3. The van der Waals surface area contributed by atoms with Gasteiger partial charge in [-0.2, -0.15) is 5.26 Å². The molecule has 118 valence electrons. The number of sulfonamides is 1. The molecule has 1 aromatic carbocycles. The minimum atomic E-state index is -3.92. The van der Waals surface area contributed by atoms with Gasteiger partial charge in [-0.05, 0) is 35.3 Å². The number of benzene rings is 1. The average Bonchev–Trinajstić information content (AvgIpc) is 2.77. The van der Waals surface area contributed by atoms with Crippen molar-refractivity contribution in [1.29, 1.82) is 5.26 Å². The molecule has 0 spiro atoms. The van der Waals surface area contributed by atoms with Crippen LogP contribution in [0.3, 0.4) is 0 Å². The first kappa shape index (κ1) is 16.7. The van der Waals surface area contributed by atoms with Crippen LogP contribution in [0.25, 0.3) is 0 Å². The zero-order valence-corrected chi connectivity index (χ0v) is 14.0. The molecule has 1 aromatic rings. The van der Waals surface area contributed by atoms with Crippen molar-refractivity contribution in [2.24, 2.45) is 0 Å². The molecule has 1 heterocycles. The van der Waals surface area contributed by atoms with Gasteiger partial charge in [-0.15, -0.1) is 0 Å². The van der Waals surface area contributed by atoms with Gasteiger partial charge >= 0.3 is 0 Å². The van der Waals surface area contributed by atoms with Gasteiger partial charge < -0.3 is 4.90 Å². The molecule has 22 heavy (non-hydrogen) atoms. The number of hydrogen-bond acceptors (Lipinski definition) is 6. The molecule has 0 aromatic heterocycles. The molecule has 0 saturated carbocycles. The van der Waals surface area contributed by atoms with Gasteiger partial charge in [0, 0.05) is 35.2 Å². The first-order chi connectivity index (χ1) is 10.2. The molecule has 0 radical (unpaired) electrons. The van der Waals surface area contributed by atoms with Crippen molar-refractivity contribution < 1.29 is 13.3 Å². The molecule has 8 nitrogen and oxygen atoms in total. The number of nitrogens with one attached hydrogen (secondary N) is 1. The van der Waals surface area contributed by atoms with Crippen LogP contribution in [0.1, 0.15) is 13.3 Å². The number of halogens is 1. The Labute approximate surface area is 136 Å². The number of likely N-dealkylation sites (tertiary alicyclic amines) is 1. The second-order valence-electron chi connectivity index (χ2n) is 5.03. The van der Waals surface area contributed by atoms with Gasteiger partial charge in [0.15, 0.2) is 6.19 Å². The molecule has 1 N–H and O–H groups in total. The predicted molar refractivity (Wildman–Crippen MR) is 81.3 cm³/mol. The van der Waals surface area contributed by atoms with E-state index in [1.807, 2.05) is 13.1 Å². The molecule has 2 atom stereocenters. The van der Waals surface area contributed by atoms with Crippen molar-refractivity contribution >= 4 is 31.6 Å². The van der Waals surface area contributed by atoms with Crippen molar-refractivity contribution in [2.45, 2.75) is 30.3 Å². The summed E-state index contributed by atoms with van der Waals surface area (Å²) in [6.07, 6.45) is 2.50. The van der Waals surface area contributed by atoms with E-state index in [1.165, 1.54) is 17.0 Å². The summed E-state index contributed by atoms with van der Waals surface area (Å²) in [6, 6.07) is 3.09. The Kier molecular flexibility index (Phi) is 4.69. The van der Waals surface area contributed by atoms with Gasteiger partial charge in [0.1, 0.15) is 4.90 Å². The van der Waals surface area contributed by atoms with Crippen LogP contribution < -0.4 is 4.72 Å². The maximum Gasteiger partial charge on any atom is 0.270 e. The van der Waals surface area contributed by atoms with Crippen molar-refractivity contribution in [1.82, 2.24) is 9.62 Å². The number of non-ortho nitro benzene ring substituents is 1. The van der Waals surface area contributed by atoms with Crippen molar-refractivity contribution in [2.75, 3.05) is 6.54 Å². The van der Waals surface area contributed by atoms with Gasteiger partial charge in [-0.1, -0.05) is 0 Å². The monoisotopic (exact) mass is 388 g/mol. The lowest BCUT2D eigenvalue weighted by Crippen LogP contribution is -2.36. The fourth-order valence-corrected chi connectivity index (χ4v) is 4.57. The van der Waals surface area contributed by atoms with Crippen LogP contribution in [0, 0.1) is 21.6 Å². The van der Waals surface area contributed by atoms with E-state index in [-0.39, 0.29) is 27.6 Å². The number of nitriles is 1. The van der Waals surface area contributed by atoms with Gasteiger partial charge in [-0.25, -0.2) is 13.1 Å². The fourth-order valence-electron chi connectivity index (χ4n) is 2.35. The third-order valence-corrected chi connectivity index (χ3v) is 5.95. The Morgan fingerprint density at radius 2 is 2.23 bits per heavy atom. The summed E-state index contributed by atoms with van der Waals surface area (Å²) in [6.45, 7) is 2.12. The molecular weight excluding hydrogens is 376 g/mol. The van der Waals surface area contributed by atoms with E-state index in [1.54, 1.807) is 0 Å². The van der Waals surface area contributed by atoms with Gasteiger partial charge in [0.25, 0.3) is 5.69 Å². The van der Waals surface area contributed by atoms with Crippen molar-refractivity contribution in [3.8, 4) is 6.19 Å². The SMILES string of the molecule is CC1CC(NS(=O)(=O)c2cc([N+](=O)[O-])ccc2Br)CN1C#N. The van der Waals surface area contributed by atoms with E-state index >= 15 is 0 Å². The maximum absolute atomic E-state index is 12.4. The smallest absolute Gasteiger partial charge is 0.270 e. The Morgan fingerprint density at radius 3 is 2.77 bits per heavy atom. The van der Waals surface area contributed by atoms with Crippen LogP contribution in [-0.2, 0) is 10.0 Å². The van der Waals surface area contributed by atoms with E-state index in [0.29, 0.717) is 6.42 Å². The molecule has 1 aliphatic heterocycles. The van der Waals surface area contributed by atoms with Crippen molar-refractivity contribution in [3.05, 3.63) is 32.8 Å². The summed E-state index contributed by atoms with van der Waals surface area (Å²) in [4.78, 5) is 11.4. The summed E-state index contributed by atoms with van der Waals surface area (Å²) >= 11 is 3.10. The Hall–Kier alpha value is -1.70. The Bertz CT molecular complexity index is 746. The minimum Gasteiger partial charge on any atom is -0.306 e. The molecule has 2 rings (SSSR count). The molecule has 10 heteroatoms. The van der Waals surface area contributed by atoms with E-state index in [4.69, 9.17) is 5.26 Å². The normalized spacial score (nSPS) is 21.6. The van der Waals surface area contributed by atoms with E-state index in [0.717, 1.165) is 6.07 Å². The zero-order valence-electron chi connectivity index (χ0n) is 11.6. The Morgan fingerprint density at radius 1 is 1.55 bits per heavy atom. The number of nitrogens with zero attached hydrogens (tertiary/aromatic N) is 3. The minimum absolute atomic E-state index is 0.0498. The summed E-state index contributed by atoms with van der Waals surface area (Å²) < 4.78 is 27.6. The summed E-state index contributed by atoms with van der Waals surface area (Å²) in [5, 5.41) is 19.7. The number of rotatable bonds is 4. The van der Waals surface area contributed by atoms with Crippen LogP contribution in [-0.4, -0.2) is 36.9 Å². The second-order valence-corrected chi connectivity index (χ2v) is 7.56. The molecular formula is C12H13BrN4O4S. The zero-order chi connectivity index (χ0) is 16.5. The molecule has 1 aliphatic rings. The summed E-state index contributed by atoms with van der Waals surface area (Å²) in [5.41, 5.74) is -0.304. The summed E-state index contributed by atoms with van der Waals surface area (Å²) in [7, 11) is -3.92. The third kappa shape index (κ3) is 3.37. The highest BCUT2D eigenvalue weighted by molar-refractivity contribution is 9.10. The van der Waals surface area contributed by atoms with Crippen LogP contribution in [0.4, 0.5) is 5.69 Å². The van der Waals surface area contributed by atoms with Crippen LogP contribution in [0.2, 0.25) is 0 Å². The maximum atomic E-state index is 12.4. The lowest BCUT2D eigenvalue weighted by molar-refractivity contribution is -0.385. The molecule has 0 bridgehead atoms. The fraction of sp³-hybridized carbons (Fsp3) is 0.417. The molecule has 2 unspecified atom stereocenters. The average molecular weight is 389 g/mol. The van der Waals surface area contributed by atoms with Crippen molar-refractivity contribution in [3.63, 3.8) is 0 Å². The van der Waals surface area contributed by atoms with E-state index < -0.39 is 21.0 Å². The van der Waals surface area contributed by atoms with E-state index in [9.17, 15) is 18.5 Å². The number of nitro groups is 1. The van der Waals surface area contributed by atoms with Gasteiger partial charge in [0.05, 0.1) is 4.92 Å². The quantitative estimate of drug-likeness (QED) is 0.475. The third-order valence-electron chi connectivity index (χ3n) is 3.44. The molecule has 0 aliphatic carbocycles. The molecule has 1 saturated heterocycles. The lowest BCUT2D eigenvalue weighted by atomic mass is 10.2. The largest absolute Gasteiger partial charge is 0.306 e. The predicted octanol–water partition coefficient (Wildman–Crippen LogP) is 1.58. The number of nitro benzene ring substituents is 1. The first-order valence-corrected chi connectivity index (χ1v) is 8.65. The van der Waals surface area contributed by atoms with Gasteiger partial charge in [-0.3, -0.25) is 10.1 Å². The highest BCUT2D eigenvalue weighted by atomic mass is 79.9.